The van der Waals surface area contributed by atoms with Crippen molar-refractivity contribution >= 4 is 29.0 Å². The van der Waals surface area contributed by atoms with Gasteiger partial charge in [-0.1, -0.05) is 17.8 Å². The summed E-state index contributed by atoms with van der Waals surface area (Å²) in [6.45, 7) is 6.14. The van der Waals surface area contributed by atoms with Gasteiger partial charge in [-0.05, 0) is 38.1 Å². The van der Waals surface area contributed by atoms with E-state index in [2.05, 4.69) is 33.0 Å². The summed E-state index contributed by atoms with van der Waals surface area (Å²) in [5.41, 5.74) is 0. The first-order chi connectivity index (χ1) is 11.6. The SMILES string of the molecule is CC(C)OCCCNC(=O)CSc1nncn1CCc1cccs1. The van der Waals surface area contributed by atoms with Crippen LogP contribution in [0.15, 0.2) is 29.0 Å². The lowest BCUT2D eigenvalue weighted by molar-refractivity contribution is -0.118. The second kappa shape index (κ2) is 10.5. The second-order valence-electron chi connectivity index (χ2n) is 5.55. The van der Waals surface area contributed by atoms with Crippen LogP contribution in [-0.2, 0) is 22.5 Å². The molecule has 0 fully saturated rings. The Labute approximate surface area is 151 Å². The van der Waals surface area contributed by atoms with Gasteiger partial charge >= 0.3 is 0 Å². The van der Waals surface area contributed by atoms with Gasteiger partial charge in [-0.15, -0.1) is 21.5 Å². The summed E-state index contributed by atoms with van der Waals surface area (Å²) >= 11 is 3.17. The zero-order valence-electron chi connectivity index (χ0n) is 14.1. The van der Waals surface area contributed by atoms with E-state index in [0.717, 1.165) is 24.5 Å². The number of carbonyl (C=O) groups is 1. The lowest BCUT2D eigenvalue weighted by atomic mass is 10.3. The summed E-state index contributed by atoms with van der Waals surface area (Å²) in [5.74, 6) is 0.361. The van der Waals surface area contributed by atoms with Gasteiger partial charge < -0.3 is 14.6 Å². The Morgan fingerprint density at radius 1 is 1.50 bits per heavy atom. The molecule has 0 saturated carbocycles. The third-order valence-corrected chi connectivity index (χ3v) is 5.10. The van der Waals surface area contributed by atoms with Crippen molar-refractivity contribution in [2.45, 2.75) is 44.5 Å². The van der Waals surface area contributed by atoms with Crippen LogP contribution in [0.1, 0.15) is 25.1 Å². The van der Waals surface area contributed by atoms with Crippen LogP contribution in [0.2, 0.25) is 0 Å². The van der Waals surface area contributed by atoms with E-state index in [1.165, 1.54) is 16.6 Å². The Morgan fingerprint density at radius 2 is 2.38 bits per heavy atom. The molecule has 1 amide bonds. The molecule has 2 rings (SSSR count). The summed E-state index contributed by atoms with van der Waals surface area (Å²) in [4.78, 5) is 13.2. The lowest BCUT2D eigenvalue weighted by Gasteiger charge is -2.08. The third-order valence-electron chi connectivity index (χ3n) is 3.19. The molecule has 0 aliphatic carbocycles. The fourth-order valence-electron chi connectivity index (χ4n) is 2.00. The van der Waals surface area contributed by atoms with Crippen molar-refractivity contribution in [3.8, 4) is 0 Å². The van der Waals surface area contributed by atoms with Gasteiger partial charge in [-0.2, -0.15) is 0 Å². The first kappa shape index (κ1) is 19.0. The van der Waals surface area contributed by atoms with Gasteiger partial charge in [0.05, 0.1) is 11.9 Å². The van der Waals surface area contributed by atoms with E-state index in [-0.39, 0.29) is 12.0 Å². The highest BCUT2D eigenvalue weighted by molar-refractivity contribution is 7.99. The van der Waals surface area contributed by atoms with Crippen LogP contribution in [0, 0.1) is 0 Å². The van der Waals surface area contributed by atoms with Crippen molar-refractivity contribution in [1.29, 1.82) is 0 Å². The Balaban J connectivity index is 1.65. The van der Waals surface area contributed by atoms with E-state index in [1.54, 1.807) is 17.7 Å². The highest BCUT2D eigenvalue weighted by atomic mass is 32.2. The van der Waals surface area contributed by atoms with E-state index in [4.69, 9.17) is 4.74 Å². The maximum atomic E-state index is 11.9. The Kier molecular flexibility index (Phi) is 8.27. The van der Waals surface area contributed by atoms with Gasteiger partial charge in [0.15, 0.2) is 5.16 Å². The first-order valence-electron chi connectivity index (χ1n) is 8.06. The number of carbonyl (C=O) groups excluding carboxylic acids is 1. The zero-order chi connectivity index (χ0) is 17.2. The van der Waals surface area contributed by atoms with Gasteiger partial charge in [-0.3, -0.25) is 4.79 Å². The van der Waals surface area contributed by atoms with E-state index in [9.17, 15) is 4.79 Å². The molecule has 6 nitrogen and oxygen atoms in total. The summed E-state index contributed by atoms with van der Waals surface area (Å²) in [7, 11) is 0. The number of aryl methyl sites for hydroxylation is 2. The molecule has 0 saturated heterocycles. The predicted octanol–water partition coefficient (Wildman–Crippen LogP) is 2.61. The molecule has 2 heterocycles. The van der Waals surface area contributed by atoms with Crippen LogP contribution >= 0.6 is 23.1 Å². The topological polar surface area (TPSA) is 69.0 Å². The zero-order valence-corrected chi connectivity index (χ0v) is 15.7. The minimum absolute atomic E-state index is 0.0114. The van der Waals surface area contributed by atoms with Crippen LogP contribution in [-0.4, -0.2) is 45.7 Å². The molecular weight excluding hydrogens is 344 g/mol. The molecule has 0 aliphatic rings. The largest absolute Gasteiger partial charge is 0.379 e. The van der Waals surface area contributed by atoms with Gasteiger partial charge in [0.1, 0.15) is 6.33 Å². The molecule has 1 N–H and O–H groups in total. The normalized spacial score (nSPS) is 11.1. The molecule has 0 radical (unpaired) electrons. The van der Waals surface area contributed by atoms with Gasteiger partial charge in [0, 0.05) is 24.6 Å². The third kappa shape index (κ3) is 7.02. The van der Waals surface area contributed by atoms with Crippen LogP contribution < -0.4 is 5.32 Å². The number of hydrogen-bond donors (Lipinski definition) is 1. The number of aromatic nitrogens is 3. The van der Waals surface area contributed by atoms with Crippen molar-refractivity contribution in [3.05, 3.63) is 28.7 Å². The number of rotatable bonds is 11. The molecule has 0 atom stereocenters. The maximum Gasteiger partial charge on any atom is 0.230 e. The molecule has 132 valence electrons. The minimum atomic E-state index is 0.0114. The molecule has 2 aromatic rings. The summed E-state index contributed by atoms with van der Waals surface area (Å²) in [6.07, 6.45) is 3.73. The van der Waals surface area contributed by atoms with Gasteiger partial charge in [0.25, 0.3) is 0 Å². The summed E-state index contributed by atoms with van der Waals surface area (Å²) < 4.78 is 7.43. The van der Waals surface area contributed by atoms with E-state index >= 15 is 0 Å². The molecule has 24 heavy (non-hydrogen) atoms. The quantitative estimate of drug-likeness (QED) is 0.488. The molecular formula is C16H24N4O2S2. The molecule has 0 unspecified atom stereocenters. The standard InChI is InChI=1S/C16H24N4O2S2/c1-13(2)22-9-4-7-17-15(21)11-24-16-19-18-12-20(16)8-6-14-5-3-10-23-14/h3,5,10,12-13H,4,6-9,11H2,1-2H3,(H,17,21). The number of ether oxygens (including phenoxy) is 1. The van der Waals surface area contributed by atoms with Crippen molar-refractivity contribution in [2.24, 2.45) is 0 Å². The average Bonchev–Trinajstić information content (AvgIpc) is 3.21. The van der Waals surface area contributed by atoms with Crippen LogP contribution in [0.5, 0.6) is 0 Å². The summed E-state index contributed by atoms with van der Waals surface area (Å²) in [6, 6.07) is 4.18. The predicted molar refractivity (Wildman–Crippen MR) is 97.5 cm³/mol. The van der Waals surface area contributed by atoms with Gasteiger partial charge in [0.2, 0.25) is 5.91 Å². The van der Waals surface area contributed by atoms with Crippen LogP contribution in [0.3, 0.4) is 0 Å². The Hall–Kier alpha value is -1.38. The minimum Gasteiger partial charge on any atom is -0.379 e. The monoisotopic (exact) mass is 368 g/mol. The van der Waals surface area contributed by atoms with Crippen molar-refractivity contribution in [1.82, 2.24) is 20.1 Å². The average molecular weight is 369 g/mol. The van der Waals surface area contributed by atoms with Crippen molar-refractivity contribution in [3.63, 3.8) is 0 Å². The lowest BCUT2D eigenvalue weighted by Crippen LogP contribution is -2.27. The van der Waals surface area contributed by atoms with E-state index < -0.39 is 0 Å². The first-order valence-corrected chi connectivity index (χ1v) is 9.93. The van der Waals surface area contributed by atoms with Crippen LogP contribution in [0.25, 0.3) is 0 Å². The Bertz CT molecular complexity index is 599. The molecule has 0 bridgehead atoms. The number of thiophene rings is 1. The summed E-state index contributed by atoms with van der Waals surface area (Å²) in [5, 5.41) is 13.8. The number of thioether (sulfide) groups is 1. The molecule has 2 aromatic heterocycles. The van der Waals surface area contributed by atoms with Crippen molar-refractivity contribution < 1.29 is 9.53 Å². The van der Waals surface area contributed by atoms with Crippen molar-refractivity contribution in [2.75, 3.05) is 18.9 Å². The maximum absolute atomic E-state index is 11.9. The number of nitrogens with zero attached hydrogens (tertiary/aromatic N) is 3. The van der Waals surface area contributed by atoms with E-state index in [1.807, 2.05) is 18.4 Å². The van der Waals surface area contributed by atoms with Gasteiger partial charge in [-0.25, -0.2) is 0 Å². The molecule has 0 spiro atoms. The Morgan fingerprint density at radius 3 is 3.12 bits per heavy atom. The molecule has 0 aliphatic heterocycles. The smallest absolute Gasteiger partial charge is 0.230 e. The number of amides is 1. The van der Waals surface area contributed by atoms with E-state index in [0.29, 0.717) is 18.9 Å². The van der Waals surface area contributed by atoms with Crippen LogP contribution in [0.4, 0.5) is 0 Å². The molecule has 0 aromatic carbocycles. The highest BCUT2D eigenvalue weighted by Gasteiger charge is 2.09. The fraction of sp³-hybridized carbons (Fsp3) is 0.562. The highest BCUT2D eigenvalue weighted by Crippen LogP contribution is 2.16. The fourth-order valence-corrected chi connectivity index (χ4v) is 3.46. The second-order valence-corrected chi connectivity index (χ2v) is 7.52. The number of hydrogen-bond acceptors (Lipinski definition) is 6. The number of nitrogens with one attached hydrogen (secondary N) is 1. The molecule has 8 heteroatoms.